The van der Waals surface area contributed by atoms with E-state index >= 15 is 0 Å². The third-order valence-electron chi connectivity index (χ3n) is 3.17. The van der Waals surface area contributed by atoms with Crippen LogP contribution in [0, 0.1) is 0 Å². The standard InChI is InChI=1S/C10H14ClNO6S4/c1-10(3-4-21(15,16)6-10)12-22(17,18)7-5-8(19-9(7)11)20(2,13)14/h5,12H,3-4,6H2,1-2H3/t10-/m1/s1. The molecule has 0 amide bonds. The predicted octanol–water partition coefficient (Wildman–Crippen LogP) is 0.661. The second-order valence-electron chi connectivity index (χ2n) is 5.48. The smallest absolute Gasteiger partial charge is 0.229 e. The van der Waals surface area contributed by atoms with Gasteiger partial charge < -0.3 is 0 Å². The minimum atomic E-state index is -4.12. The normalized spacial score (nSPS) is 25.4. The third-order valence-corrected chi connectivity index (χ3v) is 10.1. The van der Waals surface area contributed by atoms with E-state index in [0.717, 1.165) is 12.3 Å². The molecule has 1 aromatic rings. The first-order valence-corrected chi connectivity index (χ1v) is 12.4. The molecular weight excluding hydrogens is 394 g/mol. The summed E-state index contributed by atoms with van der Waals surface area (Å²) in [6.45, 7) is 1.49. The molecule has 126 valence electrons. The summed E-state index contributed by atoms with van der Waals surface area (Å²) < 4.78 is 72.8. The van der Waals surface area contributed by atoms with Crippen LogP contribution in [-0.4, -0.2) is 48.6 Å². The van der Waals surface area contributed by atoms with Crippen molar-refractivity contribution in [3.05, 3.63) is 10.4 Å². The first-order chi connectivity index (χ1) is 9.74. The summed E-state index contributed by atoms with van der Waals surface area (Å²) in [5.41, 5.74) is -1.13. The summed E-state index contributed by atoms with van der Waals surface area (Å²) in [5, 5.41) is 0. The van der Waals surface area contributed by atoms with Crippen molar-refractivity contribution in [3.8, 4) is 0 Å². The lowest BCUT2D eigenvalue weighted by atomic mass is 10.0. The fourth-order valence-electron chi connectivity index (χ4n) is 2.17. The van der Waals surface area contributed by atoms with Crippen LogP contribution in [0.25, 0.3) is 0 Å². The molecule has 22 heavy (non-hydrogen) atoms. The van der Waals surface area contributed by atoms with Crippen molar-refractivity contribution in [2.75, 3.05) is 17.8 Å². The van der Waals surface area contributed by atoms with Gasteiger partial charge in [0.2, 0.25) is 10.0 Å². The van der Waals surface area contributed by atoms with Crippen LogP contribution in [0.2, 0.25) is 4.34 Å². The SMILES string of the molecule is C[C@@]1(NS(=O)(=O)c2cc(S(C)(=O)=O)sc2Cl)CCS(=O)(=O)C1. The molecule has 1 N–H and O–H groups in total. The molecule has 0 saturated carbocycles. The van der Waals surface area contributed by atoms with Gasteiger partial charge >= 0.3 is 0 Å². The quantitative estimate of drug-likeness (QED) is 0.784. The highest BCUT2D eigenvalue weighted by Gasteiger charge is 2.42. The van der Waals surface area contributed by atoms with E-state index in [-0.39, 0.29) is 31.4 Å². The van der Waals surface area contributed by atoms with Crippen LogP contribution in [-0.2, 0) is 29.7 Å². The van der Waals surface area contributed by atoms with Crippen LogP contribution < -0.4 is 4.72 Å². The second-order valence-corrected chi connectivity index (χ2v) is 13.2. The molecule has 1 atom stereocenters. The predicted molar refractivity (Wildman–Crippen MR) is 84.4 cm³/mol. The fraction of sp³-hybridized carbons (Fsp3) is 0.600. The van der Waals surface area contributed by atoms with E-state index in [9.17, 15) is 25.3 Å². The molecule has 2 rings (SSSR count). The number of halogens is 1. The summed E-state index contributed by atoms with van der Waals surface area (Å²) in [7, 11) is -11.0. The van der Waals surface area contributed by atoms with E-state index in [1.807, 2.05) is 0 Å². The molecule has 1 aliphatic heterocycles. The Balaban J connectivity index is 2.39. The van der Waals surface area contributed by atoms with Crippen LogP contribution >= 0.6 is 22.9 Å². The number of hydrogen-bond acceptors (Lipinski definition) is 7. The molecule has 0 radical (unpaired) electrons. The third kappa shape index (κ3) is 3.82. The largest absolute Gasteiger partial charge is 0.243 e. The van der Waals surface area contributed by atoms with Gasteiger partial charge in [-0.3, -0.25) is 0 Å². The van der Waals surface area contributed by atoms with Crippen molar-refractivity contribution in [3.63, 3.8) is 0 Å². The van der Waals surface area contributed by atoms with Gasteiger partial charge in [0, 0.05) is 11.8 Å². The molecule has 0 aromatic carbocycles. The van der Waals surface area contributed by atoms with Crippen LogP contribution in [0.15, 0.2) is 15.2 Å². The molecule has 0 bridgehead atoms. The summed E-state index contributed by atoms with van der Waals surface area (Å²) in [6.07, 6.45) is 1.10. The Hall–Kier alpha value is -0.200. The van der Waals surface area contributed by atoms with Gasteiger partial charge in [-0.05, 0) is 19.4 Å². The number of rotatable bonds is 4. The van der Waals surface area contributed by atoms with Crippen molar-refractivity contribution < 1.29 is 25.3 Å². The number of hydrogen-bond donors (Lipinski definition) is 1. The molecule has 1 aromatic heterocycles. The van der Waals surface area contributed by atoms with E-state index in [1.54, 1.807) is 0 Å². The van der Waals surface area contributed by atoms with E-state index in [2.05, 4.69) is 4.72 Å². The average molecular weight is 408 g/mol. The summed E-state index contributed by atoms with van der Waals surface area (Å²) in [4.78, 5) is -0.356. The number of sulfone groups is 2. The lowest BCUT2D eigenvalue weighted by Gasteiger charge is -2.23. The Labute approximate surface area is 138 Å². The minimum absolute atomic E-state index is 0.0992. The second kappa shape index (κ2) is 5.42. The van der Waals surface area contributed by atoms with E-state index in [0.29, 0.717) is 11.3 Å². The lowest BCUT2D eigenvalue weighted by molar-refractivity contribution is 0.462. The molecule has 7 nitrogen and oxygen atoms in total. The number of sulfonamides is 1. The zero-order valence-electron chi connectivity index (χ0n) is 11.7. The van der Waals surface area contributed by atoms with E-state index in [1.165, 1.54) is 6.92 Å². The van der Waals surface area contributed by atoms with Gasteiger partial charge in [-0.1, -0.05) is 11.6 Å². The minimum Gasteiger partial charge on any atom is -0.229 e. The molecule has 2 heterocycles. The van der Waals surface area contributed by atoms with Crippen LogP contribution in [0.5, 0.6) is 0 Å². The zero-order chi connectivity index (χ0) is 17.0. The molecule has 0 aliphatic carbocycles. The molecule has 0 unspecified atom stereocenters. The van der Waals surface area contributed by atoms with Gasteiger partial charge in [0.25, 0.3) is 0 Å². The van der Waals surface area contributed by atoms with Crippen LogP contribution in [0.1, 0.15) is 13.3 Å². The highest BCUT2D eigenvalue weighted by Crippen LogP contribution is 2.35. The Morgan fingerprint density at radius 1 is 1.32 bits per heavy atom. The Morgan fingerprint density at radius 3 is 2.32 bits per heavy atom. The zero-order valence-corrected chi connectivity index (χ0v) is 15.7. The van der Waals surface area contributed by atoms with Crippen molar-refractivity contribution in [1.82, 2.24) is 4.72 Å². The fourth-order valence-corrected chi connectivity index (χ4v) is 8.82. The molecular formula is C10H14ClNO6S4. The highest BCUT2D eigenvalue weighted by atomic mass is 35.5. The Bertz CT molecular complexity index is 915. The maximum absolute atomic E-state index is 12.4. The van der Waals surface area contributed by atoms with Gasteiger partial charge in [0.1, 0.15) is 13.4 Å². The Morgan fingerprint density at radius 2 is 1.91 bits per heavy atom. The highest BCUT2D eigenvalue weighted by molar-refractivity contribution is 7.93. The van der Waals surface area contributed by atoms with E-state index in [4.69, 9.17) is 11.6 Å². The average Bonchev–Trinajstić information content (AvgIpc) is 2.78. The molecule has 1 aliphatic rings. The van der Waals surface area contributed by atoms with Gasteiger partial charge in [-0.25, -0.2) is 30.0 Å². The summed E-state index contributed by atoms with van der Waals surface area (Å²) >= 11 is 6.48. The van der Waals surface area contributed by atoms with Crippen molar-refractivity contribution in [2.24, 2.45) is 0 Å². The van der Waals surface area contributed by atoms with E-state index < -0.39 is 35.2 Å². The lowest BCUT2D eigenvalue weighted by Crippen LogP contribution is -2.46. The molecule has 1 saturated heterocycles. The maximum atomic E-state index is 12.4. The van der Waals surface area contributed by atoms with Gasteiger partial charge in [0.15, 0.2) is 19.7 Å². The number of nitrogens with one attached hydrogen (secondary N) is 1. The summed E-state index contributed by atoms with van der Waals surface area (Å²) in [6, 6.07) is 0.984. The monoisotopic (exact) mass is 407 g/mol. The molecule has 0 spiro atoms. The van der Waals surface area contributed by atoms with Gasteiger partial charge in [0.05, 0.1) is 11.5 Å². The molecule has 12 heteroatoms. The van der Waals surface area contributed by atoms with Crippen molar-refractivity contribution in [1.29, 1.82) is 0 Å². The van der Waals surface area contributed by atoms with Crippen molar-refractivity contribution in [2.45, 2.75) is 28.0 Å². The van der Waals surface area contributed by atoms with Crippen LogP contribution in [0.3, 0.4) is 0 Å². The molecule has 1 fully saturated rings. The Kier molecular flexibility index (Phi) is 4.47. The van der Waals surface area contributed by atoms with Crippen molar-refractivity contribution >= 4 is 52.6 Å². The first kappa shape index (κ1) is 18.1. The first-order valence-electron chi connectivity index (χ1n) is 5.98. The van der Waals surface area contributed by atoms with Gasteiger partial charge in [-0.2, -0.15) is 0 Å². The van der Waals surface area contributed by atoms with Crippen LogP contribution in [0.4, 0.5) is 0 Å². The number of thiophene rings is 1. The summed E-state index contributed by atoms with van der Waals surface area (Å²) in [5.74, 6) is -0.405. The topological polar surface area (TPSA) is 114 Å². The van der Waals surface area contributed by atoms with Gasteiger partial charge in [-0.15, -0.1) is 11.3 Å². The maximum Gasteiger partial charge on any atom is 0.243 e.